The van der Waals surface area contributed by atoms with Crippen molar-refractivity contribution in [3.05, 3.63) is 34.3 Å². The number of rotatable bonds is 3. The molecule has 2 atom stereocenters. The Bertz CT molecular complexity index is 408. The summed E-state index contributed by atoms with van der Waals surface area (Å²) >= 11 is 3.40. The van der Waals surface area contributed by atoms with Gasteiger partial charge >= 0.3 is 0 Å². The first-order chi connectivity index (χ1) is 8.13. The molecular formula is C13H17BrN2O. The molecule has 0 bridgehead atoms. The van der Waals surface area contributed by atoms with Crippen molar-refractivity contribution in [1.29, 1.82) is 0 Å². The van der Waals surface area contributed by atoms with Crippen LogP contribution >= 0.6 is 15.9 Å². The Hall–Kier alpha value is -0.870. The zero-order valence-corrected chi connectivity index (χ0v) is 11.2. The van der Waals surface area contributed by atoms with Crippen molar-refractivity contribution in [2.75, 3.05) is 0 Å². The van der Waals surface area contributed by atoms with Crippen LogP contribution in [-0.2, 0) is 11.2 Å². The van der Waals surface area contributed by atoms with E-state index in [0.717, 1.165) is 29.3 Å². The summed E-state index contributed by atoms with van der Waals surface area (Å²) in [5.41, 5.74) is 6.84. The molecule has 1 amide bonds. The molecular weight excluding hydrogens is 280 g/mol. The number of amides is 1. The molecule has 17 heavy (non-hydrogen) atoms. The first kappa shape index (κ1) is 12.6. The van der Waals surface area contributed by atoms with Gasteiger partial charge in [0.25, 0.3) is 0 Å². The van der Waals surface area contributed by atoms with Crippen LogP contribution in [0.3, 0.4) is 0 Å². The van der Waals surface area contributed by atoms with Gasteiger partial charge < -0.3 is 11.1 Å². The summed E-state index contributed by atoms with van der Waals surface area (Å²) in [5.74, 6) is 0.0854. The lowest BCUT2D eigenvalue weighted by Gasteiger charge is -2.12. The maximum absolute atomic E-state index is 11.8. The van der Waals surface area contributed by atoms with Crippen LogP contribution in [0.5, 0.6) is 0 Å². The van der Waals surface area contributed by atoms with Gasteiger partial charge in [-0.1, -0.05) is 28.1 Å². The normalized spacial score (nSPS) is 23.6. The molecule has 0 spiro atoms. The van der Waals surface area contributed by atoms with E-state index in [1.807, 2.05) is 24.3 Å². The van der Waals surface area contributed by atoms with Crippen LogP contribution in [0.25, 0.3) is 0 Å². The first-order valence-electron chi connectivity index (χ1n) is 5.93. The molecule has 92 valence electrons. The van der Waals surface area contributed by atoms with Gasteiger partial charge in [-0.2, -0.15) is 0 Å². The Morgan fingerprint density at radius 3 is 2.94 bits per heavy atom. The molecule has 3 nitrogen and oxygen atoms in total. The molecule has 0 saturated heterocycles. The number of carbonyl (C=O) groups excluding carboxylic acids is 1. The van der Waals surface area contributed by atoms with E-state index in [1.54, 1.807) is 0 Å². The van der Waals surface area contributed by atoms with Crippen molar-refractivity contribution in [3.8, 4) is 0 Å². The third-order valence-corrected chi connectivity index (χ3v) is 3.59. The van der Waals surface area contributed by atoms with Crippen LogP contribution in [0, 0.1) is 0 Å². The zero-order chi connectivity index (χ0) is 12.3. The molecule has 3 N–H and O–H groups in total. The number of hydrogen-bond acceptors (Lipinski definition) is 2. The van der Waals surface area contributed by atoms with Crippen molar-refractivity contribution < 1.29 is 4.79 Å². The Balaban J connectivity index is 1.85. The summed E-state index contributed by atoms with van der Waals surface area (Å²) in [5, 5.41) is 3.04. The number of hydrogen-bond donors (Lipinski definition) is 2. The number of carbonyl (C=O) groups is 1. The lowest BCUT2D eigenvalue weighted by atomic mass is 10.1. The highest BCUT2D eigenvalue weighted by Crippen LogP contribution is 2.17. The summed E-state index contributed by atoms with van der Waals surface area (Å²) < 4.78 is 1.01. The van der Waals surface area contributed by atoms with E-state index < -0.39 is 0 Å². The third kappa shape index (κ3) is 3.82. The minimum absolute atomic E-state index is 0.0854. The lowest BCUT2D eigenvalue weighted by Crippen LogP contribution is -2.35. The number of nitrogens with one attached hydrogen (secondary N) is 1. The summed E-state index contributed by atoms with van der Waals surface area (Å²) in [7, 11) is 0. The molecule has 1 aliphatic carbocycles. The summed E-state index contributed by atoms with van der Waals surface area (Å²) in [4.78, 5) is 11.8. The van der Waals surface area contributed by atoms with Gasteiger partial charge in [0.15, 0.2) is 0 Å². The standard InChI is InChI=1S/C13H17BrN2O/c14-10-3-1-2-9(6-10)7-13(17)16-12-5-4-11(15)8-12/h1-3,6,11-12H,4-5,7-8,15H2,(H,16,17). The first-order valence-corrected chi connectivity index (χ1v) is 6.72. The summed E-state index contributed by atoms with van der Waals surface area (Å²) in [6, 6.07) is 8.36. The predicted octanol–water partition coefficient (Wildman–Crippen LogP) is 1.99. The second-order valence-electron chi connectivity index (χ2n) is 4.64. The Kier molecular flexibility index (Phi) is 4.18. The topological polar surface area (TPSA) is 55.1 Å². The molecule has 4 heteroatoms. The molecule has 0 heterocycles. The highest BCUT2D eigenvalue weighted by molar-refractivity contribution is 9.10. The quantitative estimate of drug-likeness (QED) is 0.896. The third-order valence-electron chi connectivity index (χ3n) is 3.09. The Morgan fingerprint density at radius 2 is 2.29 bits per heavy atom. The van der Waals surface area contributed by atoms with Gasteiger partial charge in [0.1, 0.15) is 0 Å². The van der Waals surface area contributed by atoms with Gasteiger partial charge in [0.05, 0.1) is 6.42 Å². The van der Waals surface area contributed by atoms with Crippen LogP contribution < -0.4 is 11.1 Å². The van der Waals surface area contributed by atoms with E-state index in [0.29, 0.717) is 6.42 Å². The Labute approximate surface area is 110 Å². The minimum atomic E-state index is 0.0854. The van der Waals surface area contributed by atoms with Crippen molar-refractivity contribution in [2.45, 2.75) is 37.8 Å². The molecule has 1 aromatic carbocycles. The summed E-state index contributed by atoms with van der Waals surface area (Å²) in [6.45, 7) is 0. The van der Waals surface area contributed by atoms with Gasteiger partial charge in [-0.3, -0.25) is 4.79 Å². The van der Waals surface area contributed by atoms with Gasteiger partial charge in [0, 0.05) is 16.6 Å². The fraction of sp³-hybridized carbons (Fsp3) is 0.462. The maximum atomic E-state index is 11.8. The molecule has 1 aliphatic rings. The average molecular weight is 297 g/mol. The number of halogens is 1. The summed E-state index contributed by atoms with van der Waals surface area (Å²) in [6.07, 6.45) is 3.36. The molecule has 0 radical (unpaired) electrons. The smallest absolute Gasteiger partial charge is 0.224 e. The molecule has 2 rings (SSSR count). The fourth-order valence-corrected chi connectivity index (χ4v) is 2.71. The van der Waals surface area contributed by atoms with E-state index in [2.05, 4.69) is 21.2 Å². The molecule has 0 aromatic heterocycles. The van der Waals surface area contributed by atoms with Gasteiger partial charge in [-0.15, -0.1) is 0 Å². The van der Waals surface area contributed by atoms with E-state index in [4.69, 9.17) is 5.73 Å². The number of nitrogens with two attached hydrogens (primary N) is 1. The lowest BCUT2D eigenvalue weighted by molar-refractivity contribution is -0.121. The van der Waals surface area contributed by atoms with Crippen LogP contribution in [-0.4, -0.2) is 18.0 Å². The molecule has 2 unspecified atom stereocenters. The molecule has 1 saturated carbocycles. The monoisotopic (exact) mass is 296 g/mol. The van der Waals surface area contributed by atoms with E-state index in [-0.39, 0.29) is 18.0 Å². The Morgan fingerprint density at radius 1 is 1.47 bits per heavy atom. The molecule has 0 aliphatic heterocycles. The van der Waals surface area contributed by atoms with Crippen LogP contribution in [0.1, 0.15) is 24.8 Å². The van der Waals surface area contributed by atoms with E-state index >= 15 is 0 Å². The number of benzene rings is 1. The SMILES string of the molecule is NC1CCC(NC(=O)Cc2cccc(Br)c2)C1. The van der Waals surface area contributed by atoms with Gasteiger partial charge in [-0.25, -0.2) is 0 Å². The maximum Gasteiger partial charge on any atom is 0.224 e. The van der Waals surface area contributed by atoms with Gasteiger partial charge in [0.2, 0.25) is 5.91 Å². The zero-order valence-electron chi connectivity index (χ0n) is 9.66. The van der Waals surface area contributed by atoms with E-state index in [9.17, 15) is 4.79 Å². The van der Waals surface area contributed by atoms with Crippen molar-refractivity contribution in [1.82, 2.24) is 5.32 Å². The highest BCUT2D eigenvalue weighted by Gasteiger charge is 2.22. The second-order valence-corrected chi connectivity index (χ2v) is 5.56. The van der Waals surface area contributed by atoms with Crippen molar-refractivity contribution in [3.63, 3.8) is 0 Å². The second kappa shape index (κ2) is 5.65. The van der Waals surface area contributed by atoms with Gasteiger partial charge in [-0.05, 0) is 37.0 Å². The van der Waals surface area contributed by atoms with Crippen LogP contribution in [0.2, 0.25) is 0 Å². The van der Waals surface area contributed by atoms with Crippen molar-refractivity contribution in [2.24, 2.45) is 5.73 Å². The predicted molar refractivity (Wildman–Crippen MR) is 71.6 cm³/mol. The fourth-order valence-electron chi connectivity index (χ4n) is 2.26. The molecule has 1 aromatic rings. The average Bonchev–Trinajstić information content (AvgIpc) is 2.63. The van der Waals surface area contributed by atoms with Crippen LogP contribution in [0.15, 0.2) is 28.7 Å². The van der Waals surface area contributed by atoms with Crippen molar-refractivity contribution >= 4 is 21.8 Å². The highest BCUT2D eigenvalue weighted by atomic mass is 79.9. The van der Waals surface area contributed by atoms with E-state index in [1.165, 1.54) is 0 Å². The van der Waals surface area contributed by atoms with Crippen LogP contribution in [0.4, 0.5) is 0 Å². The largest absolute Gasteiger partial charge is 0.353 e. The molecule has 1 fully saturated rings. The minimum Gasteiger partial charge on any atom is -0.353 e.